The lowest BCUT2D eigenvalue weighted by atomic mass is 9.82. The van der Waals surface area contributed by atoms with Gasteiger partial charge < -0.3 is 9.26 Å². The van der Waals surface area contributed by atoms with Crippen molar-refractivity contribution in [3.8, 4) is 5.75 Å². The minimum absolute atomic E-state index is 0.0824. The van der Waals surface area contributed by atoms with Crippen LogP contribution in [-0.2, 0) is 6.61 Å². The molecule has 0 amide bonds. The van der Waals surface area contributed by atoms with Gasteiger partial charge in [-0.2, -0.15) is 4.98 Å². The molecule has 1 aliphatic rings. The van der Waals surface area contributed by atoms with E-state index in [1.54, 1.807) is 12.1 Å². The van der Waals surface area contributed by atoms with Crippen molar-refractivity contribution in [1.82, 2.24) is 10.1 Å². The lowest BCUT2D eigenvalue weighted by molar-refractivity contribution is 0.0967. The Kier molecular flexibility index (Phi) is 4.01. The maximum atomic E-state index is 12.9. The summed E-state index contributed by atoms with van der Waals surface area (Å²) < 4.78 is 23.8. The lowest BCUT2D eigenvalue weighted by Crippen LogP contribution is -2.16. The van der Waals surface area contributed by atoms with Crippen molar-refractivity contribution in [2.75, 3.05) is 0 Å². The maximum Gasteiger partial charge on any atom is 0.234 e. The highest BCUT2D eigenvalue weighted by Crippen LogP contribution is 2.35. The second-order valence-corrected chi connectivity index (χ2v) is 5.89. The second kappa shape index (κ2) is 6.47. The van der Waals surface area contributed by atoms with Crippen LogP contribution in [0.1, 0.15) is 46.4 Å². The normalized spacial score (nSPS) is 16.5. The molecule has 2 aromatic carbocycles. The van der Waals surface area contributed by atoms with E-state index in [2.05, 4.69) is 10.1 Å². The number of hydrogen-bond acceptors (Lipinski definition) is 5. The Morgan fingerprint density at radius 2 is 1.96 bits per heavy atom. The number of ketones is 1. The molecule has 25 heavy (non-hydrogen) atoms. The van der Waals surface area contributed by atoms with E-state index >= 15 is 0 Å². The van der Waals surface area contributed by atoms with Gasteiger partial charge in [0.15, 0.2) is 12.4 Å². The molecule has 0 radical (unpaired) electrons. The molecule has 0 N–H and O–H groups in total. The fourth-order valence-electron chi connectivity index (χ4n) is 3.02. The van der Waals surface area contributed by atoms with Crippen LogP contribution in [0.15, 0.2) is 53.1 Å². The quantitative estimate of drug-likeness (QED) is 0.722. The molecule has 5 nitrogen and oxygen atoms in total. The van der Waals surface area contributed by atoms with Crippen LogP contribution in [0.3, 0.4) is 0 Å². The van der Waals surface area contributed by atoms with Crippen molar-refractivity contribution in [3.63, 3.8) is 0 Å². The highest BCUT2D eigenvalue weighted by atomic mass is 19.1. The monoisotopic (exact) mass is 338 g/mol. The number of carbonyl (C=O) groups is 1. The first-order chi connectivity index (χ1) is 12.2. The van der Waals surface area contributed by atoms with Crippen LogP contribution in [0.25, 0.3) is 0 Å². The lowest BCUT2D eigenvalue weighted by Gasteiger charge is -2.21. The summed E-state index contributed by atoms with van der Waals surface area (Å²) in [5.74, 6) is 1.17. The predicted octanol–water partition coefficient (Wildman–Crippen LogP) is 3.90. The Balaban J connectivity index is 1.51. The number of aromatic nitrogens is 2. The van der Waals surface area contributed by atoms with Crippen LogP contribution in [-0.4, -0.2) is 15.9 Å². The van der Waals surface area contributed by atoms with Gasteiger partial charge in [0, 0.05) is 12.0 Å². The number of nitrogens with zero attached hydrogens (tertiary/aromatic N) is 2. The van der Waals surface area contributed by atoms with Crippen molar-refractivity contribution in [2.45, 2.75) is 25.4 Å². The van der Waals surface area contributed by atoms with Gasteiger partial charge in [-0.25, -0.2) is 4.39 Å². The molecule has 1 aromatic heterocycles. The molecule has 1 aliphatic carbocycles. The van der Waals surface area contributed by atoms with Crippen molar-refractivity contribution in [1.29, 1.82) is 0 Å². The van der Waals surface area contributed by atoms with E-state index in [0.717, 1.165) is 11.1 Å². The van der Waals surface area contributed by atoms with E-state index in [4.69, 9.17) is 9.26 Å². The zero-order valence-electron chi connectivity index (χ0n) is 13.3. The Labute approximate surface area is 143 Å². The first-order valence-electron chi connectivity index (χ1n) is 8.03. The van der Waals surface area contributed by atoms with Gasteiger partial charge in [-0.15, -0.1) is 0 Å². The van der Waals surface area contributed by atoms with E-state index in [9.17, 15) is 9.18 Å². The summed E-state index contributed by atoms with van der Waals surface area (Å²) in [7, 11) is 0. The Bertz CT molecular complexity index is 905. The van der Waals surface area contributed by atoms with E-state index in [1.807, 2.05) is 24.3 Å². The molecule has 4 rings (SSSR count). The number of benzene rings is 2. The van der Waals surface area contributed by atoms with Crippen molar-refractivity contribution in [3.05, 3.63) is 77.2 Å². The molecule has 126 valence electrons. The second-order valence-electron chi connectivity index (χ2n) is 5.89. The molecule has 0 spiro atoms. The zero-order valence-corrected chi connectivity index (χ0v) is 13.3. The summed E-state index contributed by atoms with van der Waals surface area (Å²) in [6, 6.07) is 13.3. The molecular formula is C19H15FN2O3. The highest BCUT2D eigenvalue weighted by molar-refractivity contribution is 5.98. The fourth-order valence-corrected chi connectivity index (χ4v) is 3.02. The molecule has 1 atom stereocenters. The summed E-state index contributed by atoms with van der Waals surface area (Å²) >= 11 is 0. The highest BCUT2D eigenvalue weighted by Gasteiger charge is 2.30. The third-order valence-electron chi connectivity index (χ3n) is 4.26. The van der Waals surface area contributed by atoms with Crippen molar-refractivity contribution in [2.24, 2.45) is 0 Å². The molecular weight excluding hydrogens is 323 g/mol. The fraction of sp³-hybridized carbons (Fsp3) is 0.211. The van der Waals surface area contributed by atoms with E-state index in [-0.39, 0.29) is 24.1 Å². The minimum atomic E-state index is -0.320. The van der Waals surface area contributed by atoms with Gasteiger partial charge in [-0.3, -0.25) is 4.79 Å². The number of ether oxygens (including phenoxy) is 1. The van der Waals surface area contributed by atoms with Gasteiger partial charge in [-0.1, -0.05) is 29.4 Å². The largest absolute Gasteiger partial charge is 0.485 e. The SMILES string of the molecule is O=C1CC[C@H](c2nc(COc3ccc(F)cc3)no2)c2ccccc21. The van der Waals surface area contributed by atoms with Gasteiger partial charge >= 0.3 is 0 Å². The number of halogens is 1. The number of carbonyl (C=O) groups excluding carboxylic acids is 1. The van der Waals surface area contributed by atoms with Crippen molar-refractivity contribution < 1.29 is 18.4 Å². The van der Waals surface area contributed by atoms with Gasteiger partial charge in [0.1, 0.15) is 11.6 Å². The standard InChI is InChI=1S/C19H15FN2O3/c20-12-5-7-13(8-6-12)24-11-18-21-19(25-22-18)16-9-10-17(23)15-4-2-1-3-14(15)16/h1-8,16H,9-11H2/t16-/m0/s1. The summed E-state index contributed by atoms with van der Waals surface area (Å²) in [6.45, 7) is 0.127. The first-order valence-corrected chi connectivity index (χ1v) is 8.03. The summed E-state index contributed by atoms with van der Waals surface area (Å²) in [5, 5.41) is 3.95. The van der Waals surface area contributed by atoms with Gasteiger partial charge in [0.05, 0.1) is 5.92 Å². The zero-order chi connectivity index (χ0) is 17.2. The van der Waals surface area contributed by atoms with Crippen LogP contribution >= 0.6 is 0 Å². The van der Waals surface area contributed by atoms with Crippen LogP contribution in [0.4, 0.5) is 4.39 Å². The Hall–Kier alpha value is -3.02. The first kappa shape index (κ1) is 15.5. The number of fused-ring (bicyclic) bond motifs is 1. The van der Waals surface area contributed by atoms with Crippen LogP contribution in [0.5, 0.6) is 5.75 Å². The van der Waals surface area contributed by atoms with Crippen molar-refractivity contribution >= 4 is 5.78 Å². The maximum absolute atomic E-state index is 12.9. The summed E-state index contributed by atoms with van der Waals surface area (Å²) in [5.41, 5.74) is 1.65. The van der Waals surface area contributed by atoms with Gasteiger partial charge in [0.2, 0.25) is 11.7 Å². The molecule has 0 fully saturated rings. The van der Waals surface area contributed by atoms with Gasteiger partial charge in [0.25, 0.3) is 0 Å². The van der Waals surface area contributed by atoms with Crippen LogP contribution in [0, 0.1) is 5.82 Å². The number of Topliss-reactive ketones (excluding diaryl/α,β-unsaturated/α-hetero) is 1. The molecule has 3 aromatic rings. The predicted molar refractivity (Wildman–Crippen MR) is 86.9 cm³/mol. The minimum Gasteiger partial charge on any atom is -0.485 e. The third-order valence-corrected chi connectivity index (χ3v) is 4.26. The molecule has 0 bridgehead atoms. The number of rotatable bonds is 4. The molecule has 1 heterocycles. The molecule has 0 unspecified atom stereocenters. The van der Waals surface area contributed by atoms with E-state index < -0.39 is 0 Å². The molecule has 0 aliphatic heterocycles. The van der Waals surface area contributed by atoms with Crippen LogP contribution < -0.4 is 4.74 Å². The molecule has 0 saturated heterocycles. The third kappa shape index (κ3) is 3.15. The number of hydrogen-bond donors (Lipinski definition) is 0. The Morgan fingerprint density at radius 1 is 1.16 bits per heavy atom. The molecule has 0 saturated carbocycles. The summed E-state index contributed by atoms with van der Waals surface area (Å²) in [6.07, 6.45) is 1.11. The Morgan fingerprint density at radius 3 is 2.80 bits per heavy atom. The average molecular weight is 338 g/mol. The average Bonchev–Trinajstić information content (AvgIpc) is 3.11. The van der Waals surface area contributed by atoms with E-state index in [0.29, 0.717) is 30.3 Å². The topological polar surface area (TPSA) is 65.2 Å². The molecule has 6 heteroatoms. The van der Waals surface area contributed by atoms with Gasteiger partial charge in [-0.05, 0) is 36.2 Å². The van der Waals surface area contributed by atoms with E-state index in [1.165, 1.54) is 12.1 Å². The summed E-state index contributed by atoms with van der Waals surface area (Å²) in [4.78, 5) is 16.4. The smallest absolute Gasteiger partial charge is 0.234 e. The van der Waals surface area contributed by atoms with Crippen LogP contribution in [0.2, 0.25) is 0 Å².